The van der Waals surface area contributed by atoms with Gasteiger partial charge in [0.25, 0.3) is 0 Å². The Kier molecular flexibility index (Phi) is 8.53. The second kappa shape index (κ2) is 10.2. The number of quaternary nitrogens is 1. The summed E-state index contributed by atoms with van der Waals surface area (Å²) >= 11 is 0. The van der Waals surface area contributed by atoms with Crippen molar-refractivity contribution in [2.45, 2.75) is 32.7 Å². The standard InChI is InChI=1S/C19H32N3/c1-5-15-21(17-19-12-8-6-9-13-19)18-20-14-10-7-11-16-22(2,3)4/h5-6,8-9,12-13,15,18H,7,10-11,14,16-17H2,1-4H3/q+1/b15-5-,20-18+. The van der Waals surface area contributed by atoms with Gasteiger partial charge in [0.05, 0.1) is 34.0 Å². The molecule has 0 saturated heterocycles. The van der Waals surface area contributed by atoms with Gasteiger partial charge in [-0.25, -0.2) is 0 Å². The molecule has 1 rings (SSSR count). The highest BCUT2D eigenvalue weighted by Gasteiger charge is 2.04. The van der Waals surface area contributed by atoms with Crippen molar-refractivity contribution < 1.29 is 4.48 Å². The molecule has 0 N–H and O–H groups in total. The first-order chi connectivity index (χ1) is 10.5. The number of unbranched alkanes of at least 4 members (excludes halogenated alkanes) is 2. The van der Waals surface area contributed by atoms with Crippen LogP contribution in [0, 0.1) is 0 Å². The van der Waals surface area contributed by atoms with E-state index in [0.717, 1.165) is 17.6 Å². The summed E-state index contributed by atoms with van der Waals surface area (Å²) in [5.41, 5.74) is 1.30. The fraction of sp³-hybridized carbons (Fsp3) is 0.526. The molecule has 0 aliphatic rings. The van der Waals surface area contributed by atoms with Crippen LogP contribution in [0.4, 0.5) is 0 Å². The highest BCUT2D eigenvalue weighted by molar-refractivity contribution is 5.56. The maximum Gasteiger partial charge on any atom is 0.0892 e. The molecule has 3 heteroatoms. The molecule has 122 valence electrons. The highest BCUT2D eigenvalue weighted by Crippen LogP contribution is 2.04. The molecule has 0 radical (unpaired) electrons. The Morgan fingerprint density at radius 3 is 2.41 bits per heavy atom. The van der Waals surface area contributed by atoms with Crippen LogP contribution in [0.3, 0.4) is 0 Å². The number of benzene rings is 1. The molecule has 0 amide bonds. The molecule has 22 heavy (non-hydrogen) atoms. The molecule has 0 aromatic heterocycles. The zero-order chi connectivity index (χ0) is 16.3. The van der Waals surface area contributed by atoms with E-state index in [-0.39, 0.29) is 0 Å². The lowest BCUT2D eigenvalue weighted by atomic mass is 10.2. The summed E-state index contributed by atoms with van der Waals surface area (Å²) in [6, 6.07) is 10.5. The number of nitrogens with zero attached hydrogens (tertiary/aromatic N) is 3. The topological polar surface area (TPSA) is 15.6 Å². The quantitative estimate of drug-likeness (QED) is 0.277. The predicted octanol–water partition coefficient (Wildman–Crippen LogP) is 3.93. The summed E-state index contributed by atoms with van der Waals surface area (Å²) in [4.78, 5) is 6.71. The normalized spacial score (nSPS) is 12.4. The summed E-state index contributed by atoms with van der Waals surface area (Å²) in [5, 5.41) is 0. The van der Waals surface area contributed by atoms with E-state index in [1.54, 1.807) is 0 Å². The Hall–Kier alpha value is -1.61. The van der Waals surface area contributed by atoms with Crippen molar-refractivity contribution in [3.63, 3.8) is 0 Å². The highest BCUT2D eigenvalue weighted by atomic mass is 15.3. The van der Waals surface area contributed by atoms with Crippen molar-refractivity contribution in [2.75, 3.05) is 34.2 Å². The molecule has 3 nitrogen and oxygen atoms in total. The summed E-state index contributed by atoms with van der Waals surface area (Å²) in [6.07, 6.45) is 9.80. The third kappa shape index (κ3) is 9.35. The van der Waals surface area contributed by atoms with Crippen LogP contribution < -0.4 is 0 Å². The first-order valence-corrected chi connectivity index (χ1v) is 8.24. The van der Waals surface area contributed by atoms with Crippen LogP contribution >= 0.6 is 0 Å². The molecule has 0 saturated carbocycles. The van der Waals surface area contributed by atoms with Gasteiger partial charge in [0, 0.05) is 19.3 Å². The molecule has 0 unspecified atom stereocenters. The molecule has 0 heterocycles. The Bertz CT molecular complexity index is 443. The van der Waals surface area contributed by atoms with E-state index < -0.39 is 0 Å². The molecule has 0 aliphatic heterocycles. The van der Waals surface area contributed by atoms with Crippen LogP contribution in [0.1, 0.15) is 31.7 Å². The molecular formula is C19H32N3+. The zero-order valence-electron chi connectivity index (χ0n) is 14.7. The number of allylic oxidation sites excluding steroid dienone is 1. The van der Waals surface area contributed by atoms with E-state index in [2.05, 4.69) is 67.6 Å². The van der Waals surface area contributed by atoms with Gasteiger partial charge < -0.3 is 9.38 Å². The Balaban J connectivity index is 2.28. The van der Waals surface area contributed by atoms with Crippen LogP contribution in [-0.4, -0.2) is 50.0 Å². The largest absolute Gasteiger partial charge is 0.335 e. The van der Waals surface area contributed by atoms with E-state index in [0.29, 0.717) is 0 Å². The summed E-state index contributed by atoms with van der Waals surface area (Å²) < 4.78 is 1.05. The van der Waals surface area contributed by atoms with Crippen LogP contribution in [0.25, 0.3) is 0 Å². The molecule has 0 spiro atoms. The summed E-state index contributed by atoms with van der Waals surface area (Å²) in [5.74, 6) is 0. The van der Waals surface area contributed by atoms with Crippen LogP contribution in [0.15, 0.2) is 47.6 Å². The van der Waals surface area contributed by atoms with E-state index >= 15 is 0 Å². The SMILES string of the molecule is C/C=C\N(/C=N/CCCCC[N+](C)(C)C)Cc1ccccc1. The minimum absolute atomic E-state index is 0.871. The third-order valence-corrected chi connectivity index (χ3v) is 3.39. The molecule has 1 aromatic rings. The van der Waals surface area contributed by atoms with Gasteiger partial charge in [-0.3, -0.25) is 4.99 Å². The average Bonchev–Trinajstić information content (AvgIpc) is 2.46. The van der Waals surface area contributed by atoms with Gasteiger partial charge in [0.1, 0.15) is 0 Å². The van der Waals surface area contributed by atoms with Crippen molar-refractivity contribution in [3.8, 4) is 0 Å². The molecule has 0 atom stereocenters. The van der Waals surface area contributed by atoms with Crippen molar-refractivity contribution in [3.05, 3.63) is 48.2 Å². The lowest BCUT2D eigenvalue weighted by molar-refractivity contribution is -0.870. The first kappa shape index (κ1) is 18.4. The van der Waals surface area contributed by atoms with Gasteiger partial charge in [-0.2, -0.15) is 0 Å². The lowest BCUT2D eigenvalue weighted by Crippen LogP contribution is -2.35. The van der Waals surface area contributed by atoms with Gasteiger partial charge >= 0.3 is 0 Å². The van der Waals surface area contributed by atoms with E-state index in [1.807, 2.05) is 19.3 Å². The summed E-state index contributed by atoms with van der Waals surface area (Å²) in [6.45, 7) is 5.06. The molecule has 0 aliphatic carbocycles. The van der Waals surface area contributed by atoms with Crippen LogP contribution in [-0.2, 0) is 6.54 Å². The second-order valence-electron chi connectivity index (χ2n) is 6.74. The van der Waals surface area contributed by atoms with Crippen LogP contribution in [0.5, 0.6) is 0 Å². The van der Waals surface area contributed by atoms with E-state index in [4.69, 9.17) is 0 Å². The zero-order valence-corrected chi connectivity index (χ0v) is 14.7. The lowest BCUT2D eigenvalue weighted by Gasteiger charge is -2.23. The number of aliphatic imine (C=N–C) groups is 1. The maximum absolute atomic E-state index is 4.57. The average molecular weight is 302 g/mol. The second-order valence-corrected chi connectivity index (χ2v) is 6.74. The first-order valence-electron chi connectivity index (χ1n) is 8.24. The van der Waals surface area contributed by atoms with Crippen molar-refractivity contribution in [1.29, 1.82) is 0 Å². The van der Waals surface area contributed by atoms with E-state index in [1.165, 1.54) is 31.4 Å². The molecule has 1 aromatic carbocycles. The Morgan fingerprint density at radius 1 is 1.05 bits per heavy atom. The maximum atomic E-state index is 4.57. The number of hydrogen-bond donors (Lipinski definition) is 0. The minimum atomic E-state index is 0.871. The molecule has 0 bridgehead atoms. The predicted molar refractivity (Wildman–Crippen MR) is 96.9 cm³/mol. The van der Waals surface area contributed by atoms with Gasteiger partial charge in [-0.05, 0) is 31.7 Å². The molecular weight excluding hydrogens is 270 g/mol. The number of rotatable bonds is 10. The Morgan fingerprint density at radius 2 is 1.77 bits per heavy atom. The smallest absolute Gasteiger partial charge is 0.0892 e. The van der Waals surface area contributed by atoms with Crippen LogP contribution in [0.2, 0.25) is 0 Å². The van der Waals surface area contributed by atoms with Gasteiger partial charge in [-0.1, -0.05) is 36.4 Å². The minimum Gasteiger partial charge on any atom is -0.335 e. The van der Waals surface area contributed by atoms with Crippen molar-refractivity contribution in [1.82, 2.24) is 4.90 Å². The van der Waals surface area contributed by atoms with E-state index in [9.17, 15) is 0 Å². The molecule has 0 fully saturated rings. The Labute approximate surface area is 136 Å². The third-order valence-electron chi connectivity index (χ3n) is 3.39. The fourth-order valence-electron chi connectivity index (χ4n) is 2.25. The van der Waals surface area contributed by atoms with Crippen molar-refractivity contribution >= 4 is 6.34 Å². The van der Waals surface area contributed by atoms with Gasteiger partial charge in [0.2, 0.25) is 0 Å². The summed E-state index contributed by atoms with van der Waals surface area (Å²) in [7, 11) is 6.74. The van der Waals surface area contributed by atoms with Gasteiger partial charge in [0.15, 0.2) is 0 Å². The monoisotopic (exact) mass is 302 g/mol. The fourth-order valence-corrected chi connectivity index (χ4v) is 2.25. The van der Waals surface area contributed by atoms with Gasteiger partial charge in [-0.15, -0.1) is 0 Å². The van der Waals surface area contributed by atoms with Crippen molar-refractivity contribution in [2.24, 2.45) is 4.99 Å². The number of hydrogen-bond acceptors (Lipinski definition) is 1.